The first-order chi connectivity index (χ1) is 8.75. The van der Waals surface area contributed by atoms with Crippen molar-refractivity contribution in [2.45, 2.75) is 32.3 Å². The van der Waals surface area contributed by atoms with Crippen LogP contribution in [-0.4, -0.2) is 19.1 Å². The van der Waals surface area contributed by atoms with E-state index in [-0.39, 0.29) is 12.1 Å². The molecular weight excluding hydrogens is 226 g/mol. The fourth-order valence-corrected chi connectivity index (χ4v) is 2.36. The van der Waals surface area contributed by atoms with Gasteiger partial charge in [-0.15, -0.1) is 0 Å². The minimum Gasteiger partial charge on any atom is -0.458 e. The number of nitrogens with one attached hydrogen (secondary N) is 1. The van der Waals surface area contributed by atoms with Crippen LogP contribution >= 0.6 is 0 Å². The molecule has 0 saturated carbocycles. The Morgan fingerprint density at radius 1 is 1.33 bits per heavy atom. The van der Waals surface area contributed by atoms with E-state index in [1.807, 2.05) is 37.3 Å². The van der Waals surface area contributed by atoms with Gasteiger partial charge in [-0.1, -0.05) is 30.3 Å². The summed E-state index contributed by atoms with van der Waals surface area (Å²) in [5, 5.41) is 3.30. The molecule has 1 atom stereocenters. The topological polar surface area (TPSA) is 38.3 Å². The molecule has 0 spiro atoms. The highest BCUT2D eigenvalue weighted by Crippen LogP contribution is 2.21. The zero-order valence-corrected chi connectivity index (χ0v) is 10.9. The third kappa shape index (κ3) is 3.84. The number of hydrogen-bond donors (Lipinski definition) is 1. The van der Waals surface area contributed by atoms with Gasteiger partial charge >= 0.3 is 5.97 Å². The fourth-order valence-electron chi connectivity index (χ4n) is 2.36. The van der Waals surface area contributed by atoms with Gasteiger partial charge in [0.1, 0.15) is 6.10 Å². The van der Waals surface area contributed by atoms with Crippen LogP contribution in [-0.2, 0) is 9.53 Å². The highest BCUT2D eigenvalue weighted by molar-refractivity contribution is 5.70. The lowest BCUT2D eigenvalue weighted by molar-refractivity contribution is -0.149. The zero-order chi connectivity index (χ0) is 12.8. The maximum Gasteiger partial charge on any atom is 0.306 e. The van der Waals surface area contributed by atoms with Crippen LogP contribution in [0, 0.1) is 5.92 Å². The van der Waals surface area contributed by atoms with Crippen LogP contribution in [0.2, 0.25) is 0 Å². The SMILES string of the molecule is CC(OC(=O)CC1CCNCC1)c1ccccc1. The van der Waals surface area contributed by atoms with E-state index >= 15 is 0 Å². The van der Waals surface area contributed by atoms with Crippen molar-refractivity contribution in [3.8, 4) is 0 Å². The molecule has 1 N–H and O–H groups in total. The van der Waals surface area contributed by atoms with Gasteiger partial charge in [-0.05, 0) is 44.3 Å². The van der Waals surface area contributed by atoms with Crippen LogP contribution < -0.4 is 5.32 Å². The summed E-state index contributed by atoms with van der Waals surface area (Å²) < 4.78 is 5.48. The number of hydrogen-bond acceptors (Lipinski definition) is 3. The van der Waals surface area contributed by atoms with Gasteiger partial charge in [0.2, 0.25) is 0 Å². The maximum atomic E-state index is 11.9. The molecule has 98 valence electrons. The van der Waals surface area contributed by atoms with Crippen molar-refractivity contribution in [3.63, 3.8) is 0 Å². The Kier molecular flexibility index (Phi) is 4.76. The number of carbonyl (C=O) groups is 1. The highest BCUT2D eigenvalue weighted by atomic mass is 16.5. The molecule has 0 amide bonds. The lowest BCUT2D eigenvalue weighted by atomic mass is 9.95. The second-order valence-corrected chi connectivity index (χ2v) is 4.94. The fraction of sp³-hybridized carbons (Fsp3) is 0.533. The van der Waals surface area contributed by atoms with Crippen molar-refractivity contribution < 1.29 is 9.53 Å². The lowest BCUT2D eigenvalue weighted by Crippen LogP contribution is -2.29. The first-order valence-corrected chi connectivity index (χ1v) is 6.71. The Morgan fingerprint density at radius 3 is 2.67 bits per heavy atom. The van der Waals surface area contributed by atoms with E-state index in [2.05, 4.69) is 5.32 Å². The van der Waals surface area contributed by atoms with Crippen LogP contribution in [0.4, 0.5) is 0 Å². The molecule has 18 heavy (non-hydrogen) atoms. The number of carbonyl (C=O) groups excluding carboxylic acids is 1. The summed E-state index contributed by atoms with van der Waals surface area (Å²) in [6.45, 7) is 3.97. The van der Waals surface area contributed by atoms with E-state index in [0.717, 1.165) is 31.5 Å². The minimum atomic E-state index is -0.152. The summed E-state index contributed by atoms with van der Waals surface area (Å²) in [4.78, 5) is 11.9. The molecule has 2 rings (SSSR count). The van der Waals surface area contributed by atoms with Gasteiger partial charge in [-0.3, -0.25) is 4.79 Å². The quantitative estimate of drug-likeness (QED) is 0.831. The van der Waals surface area contributed by atoms with E-state index in [1.54, 1.807) is 0 Å². The molecular formula is C15H21NO2. The molecule has 0 radical (unpaired) electrons. The van der Waals surface area contributed by atoms with Crippen molar-refractivity contribution >= 4 is 5.97 Å². The van der Waals surface area contributed by atoms with Crippen LogP contribution in [0.3, 0.4) is 0 Å². The smallest absolute Gasteiger partial charge is 0.306 e. The standard InChI is InChI=1S/C15H21NO2/c1-12(14-5-3-2-4-6-14)18-15(17)11-13-7-9-16-10-8-13/h2-6,12-13,16H,7-11H2,1H3. The Hall–Kier alpha value is -1.35. The molecule has 3 heteroatoms. The predicted molar refractivity (Wildman–Crippen MR) is 71.2 cm³/mol. The number of rotatable bonds is 4. The van der Waals surface area contributed by atoms with Crippen LogP contribution in [0.1, 0.15) is 37.9 Å². The second-order valence-electron chi connectivity index (χ2n) is 4.94. The van der Waals surface area contributed by atoms with Crippen molar-refractivity contribution in [2.75, 3.05) is 13.1 Å². The van der Waals surface area contributed by atoms with Gasteiger partial charge in [0, 0.05) is 6.42 Å². The molecule has 1 unspecified atom stereocenters. The Labute approximate surface area is 109 Å². The van der Waals surface area contributed by atoms with E-state index < -0.39 is 0 Å². The van der Waals surface area contributed by atoms with Gasteiger partial charge in [0.05, 0.1) is 0 Å². The summed E-state index contributed by atoms with van der Waals surface area (Å²) in [7, 11) is 0. The number of piperidine rings is 1. The summed E-state index contributed by atoms with van der Waals surface area (Å²) in [6, 6.07) is 9.87. The summed E-state index contributed by atoms with van der Waals surface area (Å²) in [5.74, 6) is 0.417. The van der Waals surface area contributed by atoms with E-state index in [4.69, 9.17) is 4.74 Å². The maximum absolute atomic E-state index is 11.9. The van der Waals surface area contributed by atoms with Gasteiger partial charge < -0.3 is 10.1 Å². The van der Waals surface area contributed by atoms with E-state index in [0.29, 0.717) is 12.3 Å². The first-order valence-electron chi connectivity index (χ1n) is 6.71. The molecule has 1 aromatic carbocycles. The Bertz CT molecular complexity index is 371. The predicted octanol–water partition coefficient (Wildman–Crippen LogP) is 2.68. The Balaban J connectivity index is 1.80. The highest BCUT2D eigenvalue weighted by Gasteiger charge is 2.19. The molecule has 1 fully saturated rings. The van der Waals surface area contributed by atoms with E-state index in [9.17, 15) is 4.79 Å². The summed E-state index contributed by atoms with van der Waals surface area (Å²) in [6.07, 6.45) is 2.56. The molecule has 1 saturated heterocycles. The van der Waals surface area contributed by atoms with Gasteiger partial charge in [-0.2, -0.15) is 0 Å². The minimum absolute atomic E-state index is 0.0711. The third-order valence-electron chi connectivity index (χ3n) is 3.49. The largest absolute Gasteiger partial charge is 0.458 e. The number of esters is 1. The van der Waals surface area contributed by atoms with Crippen molar-refractivity contribution in [1.82, 2.24) is 5.32 Å². The Morgan fingerprint density at radius 2 is 2.00 bits per heavy atom. The van der Waals surface area contributed by atoms with Gasteiger partial charge in [-0.25, -0.2) is 0 Å². The zero-order valence-electron chi connectivity index (χ0n) is 10.9. The van der Waals surface area contributed by atoms with Crippen LogP contribution in [0.25, 0.3) is 0 Å². The molecule has 1 aliphatic heterocycles. The average Bonchev–Trinajstić information content (AvgIpc) is 2.40. The van der Waals surface area contributed by atoms with Crippen LogP contribution in [0.15, 0.2) is 30.3 Å². The van der Waals surface area contributed by atoms with Gasteiger partial charge in [0.25, 0.3) is 0 Å². The number of benzene rings is 1. The molecule has 1 aliphatic rings. The first kappa shape index (κ1) is 13.1. The summed E-state index contributed by atoms with van der Waals surface area (Å²) >= 11 is 0. The molecule has 1 heterocycles. The molecule has 0 aliphatic carbocycles. The van der Waals surface area contributed by atoms with Crippen molar-refractivity contribution in [1.29, 1.82) is 0 Å². The molecule has 0 aromatic heterocycles. The van der Waals surface area contributed by atoms with Crippen LogP contribution in [0.5, 0.6) is 0 Å². The second kappa shape index (κ2) is 6.55. The normalized spacial score (nSPS) is 18.3. The summed E-state index contributed by atoms with van der Waals surface area (Å²) in [5.41, 5.74) is 1.05. The lowest BCUT2D eigenvalue weighted by Gasteiger charge is -2.22. The van der Waals surface area contributed by atoms with Crippen molar-refractivity contribution in [2.24, 2.45) is 5.92 Å². The van der Waals surface area contributed by atoms with Crippen molar-refractivity contribution in [3.05, 3.63) is 35.9 Å². The monoisotopic (exact) mass is 247 g/mol. The molecule has 0 bridgehead atoms. The van der Waals surface area contributed by atoms with Gasteiger partial charge in [0.15, 0.2) is 0 Å². The van der Waals surface area contributed by atoms with E-state index in [1.165, 1.54) is 0 Å². The molecule has 3 nitrogen and oxygen atoms in total. The average molecular weight is 247 g/mol. The third-order valence-corrected chi connectivity index (χ3v) is 3.49. The molecule has 1 aromatic rings. The number of ether oxygens (including phenoxy) is 1.